The molecule has 0 saturated carbocycles. The predicted molar refractivity (Wildman–Crippen MR) is 56.3 cm³/mol. The Morgan fingerprint density at radius 2 is 1.93 bits per heavy atom. The summed E-state index contributed by atoms with van der Waals surface area (Å²) in [5, 5.41) is 7.54. The maximum Gasteiger partial charge on any atom is 0.167 e. The zero-order valence-corrected chi connectivity index (χ0v) is 7.82. The number of rotatable bonds is 0. The van der Waals surface area contributed by atoms with Gasteiger partial charge in [-0.05, 0) is 23.8 Å². The zero-order valence-electron chi connectivity index (χ0n) is 7.82. The molecule has 3 rings (SSSR count). The lowest BCUT2D eigenvalue weighted by Crippen LogP contribution is -1.75. The highest BCUT2D eigenvalue weighted by Gasteiger charge is 2.06. The minimum atomic E-state index is 0.862. The highest BCUT2D eigenvalue weighted by Crippen LogP contribution is 2.27. The third kappa shape index (κ3) is 0.880. The number of fused-ring (bicyclic) bond motifs is 3. The summed E-state index contributed by atoms with van der Waals surface area (Å²) in [6, 6.07) is 12.3. The van der Waals surface area contributed by atoms with Crippen molar-refractivity contribution in [1.29, 1.82) is 0 Å². The smallest absolute Gasteiger partial charge is 0.167 e. The van der Waals surface area contributed by atoms with E-state index in [0.29, 0.717) is 0 Å². The third-order valence-corrected chi connectivity index (χ3v) is 2.53. The SMILES string of the molecule is Cc1noc2ccc3ccccc3c12. The first-order valence-corrected chi connectivity index (χ1v) is 4.60. The Bertz CT molecular complexity index is 610. The van der Waals surface area contributed by atoms with E-state index < -0.39 is 0 Å². The van der Waals surface area contributed by atoms with Crippen molar-refractivity contribution < 1.29 is 4.52 Å². The number of hydrogen-bond acceptors (Lipinski definition) is 2. The van der Waals surface area contributed by atoms with Crippen molar-refractivity contribution in [3.8, 4) is 0 Å². The van der Waals surface area contributed by atoms with Gasteiger partial charge in [0.2, 0.25) is 0 Å². The molecule has 0 atom stereocenters. The van der Waals surface area contributed by atoms with Gasteiger partial charge in [-0.15, -0.1) is 0 Å². The molecule has 68 valence electrons. The summed E-state index contributed by atoms with van der Waals surface area (Å²) in [6.45, 7) is 1.97. The summed E-state index contributed by atoms with van der Waals surface area (Å²) in [5.74, 6) is 0. The fraction of sp³-hybridized carbons (Fsp3) is 0.0833. The molecular formula is C12H9NO. The number of hydrogen-bond donors (Lipinski definition) is 0. The first-order chi connectivity index (χ1) is 6.86. The van der Waals surface area contributed by atoms with Crippen LogP contribution in [0.4, 0.5) is 0 Å². The molecule has 0 saturated heterocycles. The molecule has 2 aromatic carbocycles. The molecule has 0 amide bonds. The standard InChI is InChI=1S/C12H9NO/c1-8-12-10-5-3-2-4-9(10)6-7-11(12)14-13-8/h2-7H,1H3. The number of aryl methyl sites for hydroxylation is 1. The minimum Gasteiger partial charge on any atom is -0.356 e. The van der Waals surface area contributed by atoms with Crippen molar-refractivity contribution in [2.24, 2.45) is 0 Å². The van der Waals surface area contributed by atoms with Crippen LogP contribution in [-0.2, 0) is 0 Å². The van der Waals surface area contributed by atoms with E-state index in [-0.39, 0.29) is 0 Å². The van der Waals surface area contributed by atoms with Crippen LogP contribution in [0.25, 0.3) is 21.7 Å². The molecule has 1 aromatic heterocycles. The number of benzene rings is 2. The Morgan fingerprint density at radius 1 is 1.07 bits per heavy atom. The van der Waals surface area contributed by atoms with Crippen LogP contribution >= 0.6 is 0 Å². The lowest BCUT2D eigenvalue weighted by atomic mass is 10.1. The number of aromatic nitrogens is 1. The summed E-state index contributed by atoms with van der Waals surface area (Å²) >= 11 is 0. The third-order valence-electron chi connectivity index (χ3n) is 2.53. The fourth-order valence-electron chi connectivity index (χ4n) is 1.86. The highest BCUT2D eigenvalue weighted by molar-refractivity contribution is 6.06. The normalized spacial score (nSPS) is 11.2. The summed E-state index contributed by atoms with van der Waals surface area (Å²) in [7, 11) is 0. The van der Waals surface area contributed by atoms with Crippen LogP contribution in [-0.4, -0.2) is 5.16 Å². The molecule has 3 aromatic rings. The van der Waals surface area contributed by atoms with Gasteiger partial charge >= 0.3 is 0 Å². The van der Waals surface area contributed by atoms with Crippen LogP contribution in [0.2, 0.25) is 0 Å². The molecule has 0 N–H and O–H groups in total. The Morgan fingerprint density at radius 3 is 2.86 bits per heavy atom. The largest absolute Gasteiger partial charge is 0.356 e. The van der Waals surface area contributed by atoms with Crippen molar-refractivity contribution in [3.05, 3.63) is 42.1 Å². The van der Waals surface area contributed by atoms with E-state index >= 15 is 0 Å². The summed E-state index contributed by atoms with van der Waals surface area (Å²) < 4.78 is 5.21. The Balaban J connectivity index is 2.65. The average molecular weight is 183 g/mol. The van der Waals surface area contributed by atoms with Crippen molar-refractivity contribution in [3.63, 3.8) is 0 Å². The van der Waals surface area contributed by atoms with Crippen molar-refractivity contribution in [2.75, 3.05) is 0 Å². The van der Waals surface area contributed by atoms with E-state index in [0.717, 1.165) is 16.7 Å². The lowest BCUT2D eigenvalue weighted by Gasteiger charge is -1.97. The maximum atomic E-state index is 5.21. The Kier molecular flexibility index (Phi) is 1.39. The minimum absolute atomic E-state index is 0.862. The van der Waals surface area contributed by atoms with Gasteiger partial charge in [-0.3, -0.25) is 0 Å². The van der Waals surface area contributed by atoms with E-state index in [2.05, 4.69) is 23.4 Å². The molecule has 2 nitrogen and oxygen atoms in total. The van der Waals surface area contributed by atoms with Crippen LogP contribution in [0.1, 0.15) is 5.69 Å². The summed E-state index contributed by atoms with van der Waals surface area (Å²) in [5.41, 5.74) is 1.82. The summed E-state index contributed by atoms with van der Waals surface area (Å²) in [4.78, 5) is 0. The van der Waals surface area contributed by atoms with Crippen LogP contribution in [0, 0.1) is 6.92 Å². The van der Waals surface area contributed by atoms with Gasteiger partial charge < -0.3 is 4.52 Å². The van der Waals surface area contributed by atoms with Crippen LogP contribution in [0.15, 0.2) is 40.9 Å². The van der Waals surface area contributed by atoms with Crippen LogP contribution in [0.3, 0.4) is 0 Å². The second kappa shape index (κ2) is 2.58. The molecule has 2 heteroatoms. The Hall–Kier alpha value is -1.83. The van der Waals surface area contributed by atoms with Gasteiger partial charge in [-0.2, -0.15) is 0 Å². The molecule has 0 unspecified atom stereocenters. The highest BCUT2D eigenvalue weighted by atomic mass is 16.5. The van der Waals surface area contributed by atoms with Gasteiger partial charge in [0, 0.05) is 0 Å². The van der Waals surface area contributed by atoms with Crippen molar-refractivity contribution >= 4 is 21.7 Å². The molecule has 0 spiro atoms. The zero-order chi connectivity index (χ0) is 9.54. The van der Waals surface area contributed by atoms with E-state index in [1.165, 1.54) is 10.8 Å². The summed E-state index contributed by atoms with van der Waals surface area (Å²) in [6.07, 6.45) is 0. The van der Waals surface area contributed by atoms with Crippen LogP contribution < -0.4 is 0 Å². The molecule has 0 aliphatic carbocycles. The predicted octanol–water partition coefficient (Wildman–Crippen LogP) is 3.29. The van der Waals surface area contributed by atoms with Gasteiger partial charge in [0.1, 0.15) is 0 Å². The molecule has 0 fully saturated rings. The quantitative estimate of drug-likeness (QED) is 0.534. The first kappa shape index (κ1) is 7.56. The molecule has 0 bridgehead atoms. The average Bonchev–Trinajstić information content (AvgIpc) is 2.61. The Labute approximate surface area is 81.1 Å². The fourth-order valence-corrected chi connectivity index (χ4v) is 1.86. The number of nitrogens with zero attached hydrogens (tertiary/aromatic N) is 1. The van der Waals surface area contributed by atoms with E-state index in [1.54, 1.807) is 0 Å². The van der Waals surface area contributed by atoms with Crippen molar-refractivity contribution in [2.45, 2.75) is 6.92 Å². The van der Waals surface area contributed by atoms with E-state index in [4.69, 9.17) is 4.52 Å². The maximum absolute atomic E-state index is 5.21. The van der Waals surface area contributed by atoms with Gasteiger partial charge in [0.15, 0.2) is 5.58 Å². The van der Waals surface area contributed by atoms with Gasteiger partial charge in [0.25, 0.3) is 0 Å². The molecular weight excluding hydrogens is 174 g/mol. The topological polar surface area (TPSA) is 26.0 Å². The lowest BCUT2D eigenvalue weighted by molar-refractivity contribution is 0.450. The van der Waals surface area contributed by atoms with Crippen molar-refractivity contribution in [1.82, 2.24) is 5.16 Å². The molecule has 1 heterocycles. The molecule has 0 aliphatic heterocycles. The molecule has 14 heavy (non-hydrogen) atoms. The molecule has 0 radical (unpaired) electrons. The van der Waals surface area contributed by atoms with Gasteiger partial charge in [0.05, 0.1) is 11.1 Å². The van der Waals surface area contributed by atoms with Gasteiger partial charge in [-0.1, -0.05) is 35.5 Å². The monoisotopic (exact) mass is 183 g/mol. The van der Waals surface area contributed by atoms with Crippen LogP contribution in [0.5, 0.6) is 0 Å². The van der Waals surface area contributed by atoms with Gasteiger partial charge in [-0.25, -0.2) is 0 Å². The molecule has 0 aliphatic rings. The second-order valence-corrected chi connectivity index (χ2v) is 3.43. The first-order valence-electron chi connectivity index (χ1n) is 4.60. The van der Waals surface area contributed by atoms with E-state index in [1.807, 2.05) is 25.1 Å². The second-order valence-electron chi connectivity index (χ2n) is 3.43. The van der Waals surface area contributed by atoms with E-state index in [9.17, 15) is 0 Å².